The van der Waals surface area contributed by atoms with Crippen LogP contribution in [0.5, 0.6) is 0 Å². The maximum absolute atomic E-state index is 11.4. The lowest BCUT2D eigenvalue weighted by molar-refractivity contribution is -0.142. The number of carbonyl (C=O) groups excluding carboxylic acids is 8. The molecule has 0 saturated carbocycles. The Labute approximate surface area is 554 Å². The van der Waals surface area contributed by atoms with E-state index >= 15 is 0 Å². The Morgan fingerprint density at radius 1 is 0.239 bits per heavy atom. The minimum atomic E-state index is -2.78. The molecule has 2 unspecified atom stereocenters. The third-order valence-corrected chi connectivity index (χ3v) is 40.6. The van der Waals surface area contributed by atoms with Crippen molar-refractivity contribution in [3.05, 3.63) is 75.9 Å². The zero-order valence-electron chi connectivity index (χ0n) is 57.3. The Balaban J connectivity index is 0. The Morgan fingerprint density at radius 3 is 0.511 bits per heavy atom. The third kappa shape index (κ3) is 49.1. The van der Waals surface area contributed by atoms with E-state index in [0.717, 1.165) is 60.6 Å². The predicted octanol–water partition coefficient (Wildman–Crippen LogP) is 8.75. The van der Waals surface area contributed by atoms with E-state index in [1.54, 1.807) is 0 Å². The highest BCUT2D eigenvalue weighted by atomic mass is 28.4. The van der Waals surface area contributed by atoms with Crippen molar-refractivity contribution < 1.29 is 120 Å². The maximum atomic E-state index is 11.4. The van der Waals surface area contributed by atoms with Crippen molar-refractivity contribution in [3.63, 3.8) is 0 Å². The molecule has 0 spiro atoms. The van der Waals surface area contributed by atoms with Crippen LogP contribution in [0.3, 0.4) is 0 Å². The highest BCUT2D eigenvalue weighted by molar-refractivity contribution is 6.87. The molecular formula is C58H108O26Si8. The average molecular weight is 1450 g/mol. The molecule has 34 heteroatoms. The fourth-order valence-electron chi connectivity index (χ4n) is 8.19. The first-order valence-electron chi connectivity index (χ1n) is 30.3. The van der Waals surface area contributed by atoms with E-state index < -0.39 is 103 Å². The van der Waals surface area contributed by atoms with Crippen molar-refractivity contribution in [1.82, 2.24) is 0 Å². The van der Waals surface area contributed by atoms with Crippen LogP contribution in [0.15, 0.2) is 75.9 Å². The summed E-state index contributed by atoms with van der Waals surface area (Å²) in [7, 11) is -20.0. The van der Waals surface area contributed by atoms with Crippen LogP contribution in [0, 0.1) is 0 Å². The van der Waals surface area contributed by atoms with E-state index in [4.69, 9.17) is 81.5 Å². The van der Waals surface area contributed by atoms with Gasteiger partial charge in [-0.05, 0) is 127 Å². The summed E-state index contributed by atoms with van der Waals surface area (Å²) in [6.45, 7) is 50.0. The molecule has 0 aromatic rings. The van der Waals surface area contributed by atoms with Crippen LogP contribution < -0.4 is 0 Å². The van der Waals surface area contributed by atoms with E-state index in [0.29, 0.717) is 24.2 Å². The Bertz CT molecular complexity index is 2110. The maximum Gasteiger partial charge on any atom is 0.334 e. The van der Waals surface area contributed by atoms with Crippen LogP contribution in [0.1, 0.15) is 13.8 Å². The van der Waals surface area contributed by atoms with E-state index in [-0.39, 0.29) is 118 Å². The van der Waals surface area contributed by atoms with Gasteiger partial charge in [-0.15, -0.1) is 0 Å². The van der Waals surface area contributed by atoms with Crippen molar-refractivity contribution in [2.24, 2.45) is 0 Å². The number of hydrogen-bond acceptors (Lipinski definition) is 26. The summed E-state index contributed by atoms with van der Waals surface area (Å²) >= 11 is 0. The molecule has 0 N–H and O–H groups in total. The second-order valence-electron chi connectivity index (χ2n) is 23.5. The lowest BCUT2D eigenvalue weighted by Crippen LogP contribution is -2.49. The van der Waals surface area contributed by atoms with Crippen molar-refractivity contribution in [1.29, 1.82) is 0 Å². The van der Waals surface area contributed by atoms with Gasteiger partial charge in [0.25, 0.3) is 0 Å². The second kappa shape index (κ2) is 47.4. The van der Waals surface area contributed by atoms with E-state index in [1.165, 1.54) is 13.8 Å². The molecule has 0 aliphatic rings. The molecule has 0 fully saturated rings. The Kier molecular flexibility index (Phi) is 46.2. The first kappa shape index (κ1) is 89.6. The molecule has 2 atom stereocenters. The molecule has 0 rings (SSSR count). The summed E-state index contributed by atoms with van der Waals surface area (Å²) in [6.07, 6.45) is 6.54. The quantitative estimate of drug-likeness (QED) is 0.0181. The van der Waals surface area contributed by atoms with Crippen LogP contribution >= 0.6 is 0 Å². The topological polar surface area (TPSA) is 303 Å². The van der Waals surface area contributed by atoms with Gasteiger partial charge in [0.1, 0.15) is 52.9 Å². The number of rotatable bonds is 54. The number of carbonyl (C=O) groups is 8. The van der Waals surface area contributed by atoms with E-state index in [2.05, 4.69) is 91.8 Å². The number of esters is 8. The van der Waals surface area contributed by atoms with Gasteiger partial charge in [0.05, 0.1) is 52.9 Å². The van der Waals surface area contributed by atoms with Crippen LogP contribution in [-0.2, 0) is 120 Å². The Morgan fingerprint density at radius 2 is 0.380 bits per heavy atom. The molecule has 0 radical (unpaired) electrons. The van der Waals surface area contributed by atoms with Gasteiger partial charge in [-0.1, -0.05) is 39.5 Å². The Hall–Kier alpha value is -4.46. The first-order chi connectivity index (χ1) is 42.8. The van der Waals surface area contributed by atoms with Gasteiger partial charge in [0.2, 0.25) is 0 Å². The van der Waals surface area contributed by atoms with Crippen LogP contribution in [0.25, 0.3) is 0 Å². The normalized spacial score (nSPS) is 13.2. The molecule has 26 nitrogen and oxygen atoms in total. The van der Waals surface area contributed by atoms with Crippen molar-refractivity contribution in [3.8, 4) is 0 Å². The highest BCUT2D eigenvalue weighted by Crippen LogP contribution is 2.32. The summed E-state index contributed by atoms with van der Waals surface area (Å²) in [4.78, 5) is 90.7. The minimum Gasteiger partial charge on any atom is -0.463 e. The molecule has 0 amide bonds. The van der Waals surface area contributed by atoms with Gasteiger partial charge >= 0.3 is 82.0 Å². The molecular weight excluding hydrogens is 1340 g/mol. The molecule has 0 aliphatic heterocycles. The van der Waals surface area contributed by atoms with Gasteiger partial charge in [0, 0.05) is 50.3 Å². The summed E-state index contributed by atoms with van der Waals surface area (Å²) in [5.74, 6) is -3.97. The van der Waals surface area contributed by atoms with Gasteiger partial charge in [-0.3, -0.25) is 9.59 Å². The second-order valence-corrected chi connectivity index (χ2v) is 54.6. The van der Waals surface area contributed by atoms with Gasteiger partial charge in [-0.2, -0.15) is 0 Å². The average Bonchev–Trinajstić information content (AvgIpc) is 1.36. The molecule has 92 heavy (non-hydrogen) atoms. The standard InChI is InChI=1S/2C29H54O13Si4/c2*1-11-27(31)35-15-19-39-45(9,38-18-14-34-26(4)30)24-22-43(5,6)42-44(7,8)23-25-46(10,40-20-16-36-28(32)12-2)41-21-17-37-29(33)13-3/h2*11-13H,1-3,14-25H2,4-10H3. The van der Waals surface area contributed by atoms with E-state index in [1.807, 2.05) is 26.2 Å². The lowest BCUT2D eigenvalue weighted by atomic mass is 10.6. The SMILES string of the molecule is C=CC(=O)OCCO[Si](C)(CC[Si](C)(C)O[Si](C)(C)CC[Si](C)(OCCOC(=O)C=C)OCCOC(=O)C=C)OCCOC(C)=O.C=CC(=O)OCCO[Si](C)(CC[Si](C)(C)O[Si](C)(C)CC[Si](C)(OCCOC(=O)C=C)OCCOC(=O)C=C)OCCOC(C)=O. The van der Waals surface area contributed by atoms with Crippen LogP contribution in [0.4, 0.5) is 0 Å². The summed E-state index contributed by atoms with van der Waals surface area (Å²) in [5, 5.41) is 0. The fraction of sp³-hybridized carbons (Fsp3) is 0.655. The molecule has 0 saturated heterocycles. The minimum absolute atomic E-state index is 0.0594. The molecule has 0 aromatic heterocycles. The summed E-state index contributed by atoms with van der Waals surface area (Å²) in [5.41, 5.74) is 0. The third-order valence-electron chi connectivity index (χ3n) is 12.8. The zero-order chi connectivity index (χ0) is 70.6. The summed E-state index contributed by atoms with van der Waals surface area (Å²) in [6, 6.07) is 5.55. The van der Waals surface area contributed by atoms with Crippen LogP contribution in [-0.4, -0.2) is 221 Å². The number of hydrogen-bond donors (Lipinski definition) is 0. The summed E-state index contributed by atoms with van der Waals surface area (Å²) < 4.78 is 103. The molecule has 528 valence electrons. The van der Waals surface area contributed by atoms with Gasteiger partial charge < -0.3 is 81.5 Å². The largest absolute Gasteiger partial charge is 0.463 e. The van der Waals surface area contributed by atoms with Gasteiger partial charge in [0.15, 0.2) is 33.3 Å². The first-order valence-corrected chi connectivity index (χ1v) is 52.9. The fourth-order valence-corrected chi connectivity index (χ4v) is 44.3. The van der Waals surface area contributed by atoms with Crippen molar-refractivity contribution >= 4 is 115 Å². The lowest BCUT2D eigenvalue weighted by Gasteiger charge is -2.37. The number of ether oxygens (including phenoxy) is 8. The highest BCUT2D eigenvalue weighted by Gasteiger charge is 2.43. The van der Waals surface area contributed by atoms with Crippen LogP contribution in [0.2, 0.25) is 127 Å². The monoisotopic (exact) mass is 1440 g/mol. The zero-order valence-corrected chi connectivity index (χ0v) is 65.3. The van der Waals surface area contributed by atoms with Crippen molar-refractivity contribution in [2.45, 2.75) is 141 Å². The van der Waals surface area contributed by atoms with Crippen molar-refractivity contribution in [2.75, 3.05) is 106 Å². The molecule has 0 bridgehead atoms. The molecule has 0 heterocycles. The molecule has 0 aromatic carbocycles. The van der Waals surface area contributed by atoms with Gasteiger partial charge in [-0.25, -0.2) is 28.8 Å². The van der Waals surface area contributed by atoms with E-state index in [9.17, 15) is 38.4 Å². The molecule has 0 aliphatic carbocycles. The smallest absolute Gasteiger partial charge is 0.334 e. The predicted molar refractivity (Wildman–Crippen MR) is 365 cm³/mol.